The molecule has 6 heteroatoms. The number of aryl methyl sites for hydroxylation is 1. The fraction of sp³-hybridized carbons (Fsp3) is 0.429. The van der Waals surface area contributed by atoms with E-state index in [1.807, 2.05) is 24.5 Å². The molecule has 2 unspecified atom stereocenters. The van der Waals surface area contributed by atoms with Crippen molar-refractivity contribution in [3.8, 4) is 0 Å². The van der Waals surface area contributed by atoms with Crippen LogP contribution in [0.3, 0.4) is 0 Å². The third-order valence-corrected chi connectivity index (χ3v) is 4.69. The van der Waals surface area contributed by atoms with Gasteiger partial charge in [-0.15, -0.1) is 0 Å². The molecule has 1 heterocycles. The average Bonchev–Trinajstić information content (AvgIpc) is 2.76. The van der Waals surface area contributed by atoms with Gasteiger partial charge in [0, 0.05) is 35.3 Å². The van der Waals surface area contributed by atoms with E-state index in [2.05, 4.69) is 4.98 Å². The molecule has 1 aromatic carbocycles. The molecule has 0 aliphatic heterocycles. The lowest BCUT2D eigenvalue weighted by molar-refractivity contribution is 0.0699. The number of imidazole rings is 1. The molecule has 0 fully saturated rings. The third kappa shape index (κ3) is 2.60. The minimum absolute atomic E-state index is 0.00816. The van der Waals surface area contributed by atoms with E-state index in [0.29, 0.717) is 18.5 Å². The SMILES string of the molecule is CCc1nc2c(C(=O)O)cccc2n1CC(C)S(C)=O. The van der Waals surface area contributed by atoms with Gasteiger partial charge in [-0.05, 0) is 19.1 Å². The summed E-state index contributed by atoms with van der Waals surface area (Å²) in [6.45, 7) is 4.47. The smallest absolute Gasteiger partial charge is 0.337 e. The molecule has 0 aliphatic carbocycles. The largest absolute Gasteiger partial charge is 0.478 e. The van der Waals surface area contributed by atoms with Gasteiger partial charge in [0.1, 0.15) is 11.3 Å². The van der Waals surface area contributed by atoms with E-state index >= 15 is 0 Å². The van der Waals surface area contributed by atoms with Crippen molar-refractivity contribution in [2.75, 3.05) is 6.26 Å². The molecule has 20 heavy (non-hydrogen) atoms. The Morgan fingerprint density at radius 2 is 2.20 bits per heavy atom. The van der Waals surface area contributed by atoms with Crippen LogP contribution in [0.5, 0.6) is 0 Å². The lowest BCUT2D eigenvalue weighted by Gasteiger charge is -2.12. The van der Waals surface area contributed by atoms with Gasteiger partial charge in [0.2, 0.25) is 0 Å². The van der Waals surface area contributed by atoms with Crippen LogP contribution in [-0.4, -0.2) is 36.3 Å². The maximum atomic E-state index is 11.6. The highest BCUT2D eigenvalue weighted by Crippen LogP contribution is 2.21. The number of para-hydroxylation sites is 1. The average molecular weight is 294 g/mol. The lowest BCUT2D eigenvalue weighted by Crippen LogP contribution is -2.18. The highest BCUT2D eigenvalue weighted by Gasteiger charge is 2.18. The number of rotatable bonds is 5. The summed E-state index contributed by atoms with van der Waals surface area (Å²) in [6.07, 6.45) is 2.38. The summed E-state index contributed by atoms with van der Waals surface area (Å²) in [4.78, 5) is 15.7. The Morgan fingerprint density at radius 1 is 1.50 bits per heavy atom. The third-order valence-electron chi connectivity index (χ3n) is 3.41. The number of carboxylic acids is 1. The standard InChI is InChI=1S/C14H18N2O3S/c1-4-12-15-13-10(14(17)18)6-5-7-11(13)16(12)8-9(2)20(3)19/h5-7,9H,4,8H2,1-3H3,(H,17,18). The summed E-state index contributed by atoms with van der Waals surface area (Å²) in [7, 11) is -0.927. The van der Waals surface area contributed by atoms with Crippen molar-refractivity contribution in [2.45, 2.75) is 32.1 Å². The topological polar surface area (TPSA) is 72.2 Å². The van der Waals surface area contributed by atoms with Crippen LogP contribution in [-0.2, 0) is 23.8 Å². The number of benzene rings is 1. The molecule has 2 aromatic rings. The molecule has 0 radical (unpaired) electrons. The van der Waals surface area contributed by atoms with Crippen LogP contribution in [0.25, 0.3) is 11.0 Å². The van der Waals surface area contributed by atoms with E-state index < -0.39 is 16.8 Å². The number of hydrogen-bond acceptors (Lipinski definition) is 3. The lowest BCUT2D eigenvalue weighted by atomic mass is 10.2. The van der Waals surface area contributed by atoms with E-state index in [0.717, 1.165) is 11.3 Å². The van der Waals surface area contributed by atoms with Crippen molar-refractivity contribution in [3.05, 3.63) is 29.6 Å². The minimum Gasteiger partial charge on any atom is -0.478 e. The Morgan fingerprint density at radius 3 is 2.75 bits per heavy atom. The van der Waals surface area contributed by atoms with Crippen molar-refractivity contribution in [3.63, 3.8) is 0 Å². The summed E-state index contributed by atoms with van der Waals surface area (Å²) in [5, 5.41) is 9.22. The molecule has 0 aliphatic rings. The Hall–Kier alpha value is -1.69. The van der Waals surface area contributed by atoms with Gasteiger partial charge in [-0.25, -0.2) is 9.78 Å². The van der Waals surface area contributed by atoms with Crippen LogP contribution in [0.2, 0.25) is 0 Å². The Balaban J connectivity index is 2.61. The van der Waals surface area contributed by atoms with Crippen molar-refractivity contribution < 1.29 is 14.1 Å². The summed E-state index contributed by atoms with van der Waals surface area (Å²) in [5.41, 5.74) is 1.51. The normalized spacial score (nSPS) is 14.3. The van der Waals surface area contributed by atoms with Crippen molar-refractivity contribution >= 4 is 27.8 Å². The highest BCUT2D eigenvalue weighted by atomic mass is 32.2. The van der Waals surface area contributed by atoms with Gasteiger partial charge >= 0.3 is 5.97 Å². The molecule has 5 nitrogen and oxygen atoms in total. The molecule has 0 spiro atoms. The molecule has 2 atom stereocenters. The van der Waals surface area contributed by atoms with E-state index in [1.165, 1.54) is 0 Å². The quantitative estimate of drug-likeness (QED) is 0.916. The minimum atomic E-state index is -0.977. The predicted molar refractivity (Wildman–Crippen MR) is 79.6 cm³/mol. The highest BCUT2D eigenvalue weighted by molar-refractivity contribution is 7.84. The summed E-state index contributed by atoms with van der Waals surface area (Å²) < 4.78 is 13.5. The molecule has 1 aromatic heterocycles. The van der Waals surface area contributed by atoms with Crippen LogP contribution in [0.15, 0.2) is 18.2 Å². The van der Waals surface area contributed by atoms with Crippen LogP contribution in [0.4, 0.5) is 0 Å². The maximum absolute atomic E-state index is 11.6. The van der Waals surface area contributed by atoms with E-state index in [-0.39, 0.29) is 10.8 Å². The fourth-order valence-corrected chi connectivity index (χ4v) is 2.56. The summed E-state index contributed by atoms with van der Waals surface area (Å²) in [5.74, 6) is -0.152. The molecule has 2 rings (SSSR count). The Labute approximate surface area is 120 Å². The number of aromatic nitrogens is 2. The number of hydrogen-bond donors (Lipinski definition) is 1. The number of aromatic carboxylic acids is 1. The van der Waals surface area contributed by atoms with E-state index in [9.17, 15) is 14.1 Å². The number of nitrogens with zero attached hydrogens (tertiary/aromatic N) is 2. The maximum Gasteiger partial charge on any atom is 0.337 e. The van der Waals surface area contributed by atoms with Gasteiger partial charge in [0.15, 0.2) is 0 Å². The molecular weight excluding hydrogens is 276 g/mol. The van der Waals surface area contributed by atoms with Crippen LogP contribution >= 0.6 is 0 Å². The summed E-state index contributed by atoms with van der Waals surface area (Å²) >= 11 is 0. The zero-order valence-electron chi connectivity index (χ0n) is 11.8. The Bertz CT molecular complexity index is 678. The first-order valence-electron chi connectivity index (χ1n) is 6.49. The van der Waals surface area contributed by atoms with Crippen LogP contribution in [0, 0.1) is 0 Å². The van der Waals surface area contributed by atoms with Gasteiger partial charge < -0.3 is 9.67 Å². The van der Waals surface area contributed by atoms with Crippen molar-refractivity contribution in [1.29, 1.82) is 0 Å². The van der Waals surface area contributed by atoms with E-state index in [4.69, 9.17) is 0 Å². The van der Waals surface area contributed by atoms with Crippen LogP contribution in [0.1, 0.15) is 30.0 Å². The van der Waals surface area contributed by atoms with Gasteiger partial charge in [-0.1, -0.05) is 13.0 Å². The number of fused-ring (bicyclic) bond motifs is 1. The zero-order chi connectivity index (χ0) is 14.9. The first kappa shape index (κ1) is 14.7. The zero-order valence-corrected chi connectivity index (χ0v) is 12.6. The second kappa shape index (κ2) is 5.75. The van der Waals surface area contributed by atoms with Gasteiger partial charge in [0.05, 0.1) is 11.1 Å². The monoisotopic (exact) mass is 294 g/mol. The first-order chi connectivity index (χ1) is 9.45. The molecular formula is C14H18N2O3S. The second-order valence-corrected chi connectivity index (χ2v) is 6.58. The fourth-order valence-electron chi connectivity index (χ4n) is 2.20. The molecule has 1 N–H and O–H groups in total. The van der Waals surface area contributed by atoms with Crippen molar-refractivity contribution in [1.82, 2.24) is 9.55 Å². The van der Waals surface area contributed by atoms with E-state index in [1.54, 1.807) is 18.4 Å². The summed E-state index contributed by atoms with van der Waals surface area (Å²) in [6, 6.07) is 5.14. The molecule has 0 amide bonds. The molecule has 0 saturated heterocycles. The van der Waals surface area contributed by atoms with Gasteiger partial charge in [-0.3, -0.25) is 4.21 Å². The van der Waals surface area contributed by atoms with Gasteiger partial charge in [-0.2, -0.15) is 0 Å². The molecule has 108 valence electrons. The molecule has 0 saturated carbocycles. The second-order valence-electron chi connectivity index (χ2n) is 4.78. The number of carbonyl (C=O) groups is 1. The number of carboxylic acid groups (broad SMARTS) is 1. The van der Waals surface area contributed by atoms with Crippen LogP contribution < -0.4 is 0 Å². The van der Waals surface area contributed by atoms with Gasteiger partial charge in [0.25, 0.3) is 0 Å². The van der Waals surface area contributed by atoms with Crippen molar-refractivity contribution in [2.24, 2.45) is 0 Å². The molecule has 0 bridgehead atoms. The first-order valence-corrected chi connectivity index (χ1v) is 8.11. The predicted octanol–water partition coefficient (Wildman–Crippen LogP) is 2.06. The Kier molecular flexibility index (Phi) is 4.23.